The summed E-state index contributed by atoms with van der Waals surface area (Å²) in [5, 5.41) is 4.06. The van der Waals surface area contributed by atoms with E-state index in [9.17, 15) is 4.39 Å². The summed E-state index contributed by atoms with van der Waals surface area (Å²) in [5.41, 5.74) is 0.854. The molecule has 0 aliphatic rings. The van der Waals surface area contributed by atoms with Crippen molar-refractivity contribution in [2.24, 2.45) is 0 Å². The standard InChI is InChI=1S/C14H22ClFN2/c1-4-8-17-14(7-9-18(2)3)12-10-11(16)5-6-13(12)15/h5-6,10,14,17H,4,7-9H2,1-3H3. The van der Waals surface area contributed by atoms with Crippen molar-refractivity contribution < 1.29 is 4.39 Å². The van der Waals surface area contributed by atoms with E-state index in [1.54, 1.807) is 6.07 Å². The molecule has 1 aromatic carbocycles. The second-order valence-corrected chi connectivity index (χ2v) is 5.17. The van der Waals surface area contributed by atoms with Crippen LogP contribution in [0.3, 0.4) is 0 Å². The molecule has 1 unspecified atom stereocenters. The van der Waals surface area contributed by atoms with Crippen molar-refractivity contribution >= 4 is 11.6 Å². The van der Waals surface area contributed by atoms with Crippen LogP contribution in [0.4, 0.5) is 4.39 Å². The molecular formula is C14H22ClFN2. The van der Waals surface area contributed by atoms with Gasteiger partial charge in [0.2, 0.25) is 0 Å². The second-order valence-electron chi connectivity index (χ2n) is 4.76. The van der Waals surface area contributed by atoms with Gasteiger partial charge in [-0.05, 0) is 63.8 Å². The molecule has 0 aliphatic heterocycles. The Balaban J connectivity index is 2.82. The van der Waals surface area contributed by atoms with Gasteiger partial charge in [0, 0.05) is 11.1 Å². The Labute approximate surface area is 114 Å². The van der Waals surface area contributed by atoms with E-state index in [1.807, 2.05) is 14.1 Å². The molecule has 0 radical (unpaired) electrons. The molecular weight excluding hydrogens is 251 g/mol. The molecule has 0 saturated heterocycles. The smallest absolute Gasteiger partial charge is 0.123 e. The summed E-state index contributed by atoms with van der Waals surface area (Å²) in [6.45, 7) is 3.96. The summed E-state index contributed by atoms with van der Waals surface area (Å²) in [7, 11) is 4.06. The summed E-state index contributed by atoms with van der Waals surface area (Å²) in [6.07, 6.45) is 1.96. The predicted octanol–water partition coefficient (Wildman–Crippen LogP) is 3.47. The Morgan fingerprint density at radius 3 is 2.72 bits per heavy atom. The van der Waals surface area contributed by atoms with Crippen LogP contribution in [0, 0.1) is 5.82 Å². The van der Waals surface area contributed by atoms with Gasteiger partial charge in [0.05, 0.1) is 0 Å². The first-order valence-corrected chi connectivity index (χ1v) is 6.75. The van der Waals surface area contributed by atoms with Crippen molar-refractivity contribution in [2.75, 3.05) is 27.2 Å². The van der Waals surface area contributed by atoms with Crippen LogP contribution in [0.1, 0.15) is 31.4 Å². The highest BCUT2D eigenvalue weighted by Gasteiger charge is 2.15. The van der Waals surface area contributed by atoms with Crippen LogP contribution >= 0.6 is 11.6 Å². The summed E-state index contributed by atoms with van der Waals surface area (Å²) >= 11 is 6.16. The van der Waals surface area contributed by atoms with E-state index in [4.69, 9.17) is 11.6 Å². The zero-order valence-corrected chi connectivity index (χ0v) is 12.1. The van der Waals surface area contributed by atoms with E-state index in [1.165, 1.54) is 12.1 Å². The SMILES string of the molecule is CCCNC(CCN(C)C)c1cc(F)ccc1Cl. The Kier molecular flexibility index (Phi) is 6.61. The van der Waals surface area contributed by atoms with E-state index in [0.717, 1.165) is 31.5 Å². The maximum Gasteiger partial charge on any atom is 0.123 e. The Bertz CT molecular complexity index is 369. The molecule has 0 spiro atoms. The average molecular weight is 273 g/mol. The van der Waals surface area contributed by atoms with Crippen molar-refractivity contribution in [3.8, 4) is 0 Å². The number of benzene rings is 1. The van der Waals surface area contributed by atoms with Gasteiger partial charge in [-0.3, -0.25) is 0 Å². The number of halogens is 2. The maximum absolute atomic E-state index is 13.3. The number of hydrogen-bond donors (Lipinski definition) is 1. The molecule has 0 heterocycles. The van der Waals surface area contributed by atoms with Crippen LogP contribution in [0.15, 0.2) is 18.2 Å². The number of nitrogens with one attached hydrogen (secondary N) is 1. The van der Waals surface area contributed by atoms with Gasteiger partial charge in [-0.25, -0.2) is 4.39 Å². The highest BCUT2D eigenvalue weighted by molar-refractivity contribution is 6.31. The minimum Gasteiger partial charge on any atom is -0.310 e. The highest BCUT2D eigenvalue weighted by atomic mass is 35.5. The maximum atomic E-state index is 13.3. The lowest BCUT2D eigenvalue weighted by atomic mass is 10.0. The first-order chi connectivity index (χ1) is 8.54. The molecule has 1 aromatic rings. The Morgan fingerprint density at radius 2 is 2.11 bits per heavy atom. The monoisotopic (exact) mass is 272 g/mol. The molecule has 0 fully saturated rings. The van der Waals surface area contributed by atoms with Crippen molar-refractivity contribution in [2.45, 2.75) is 25.8 Å². The quantitative estimate of drug-likeness (QED) is 0.818. The largest absolute Gasteiger partial charge is 0.310 e. The molecule has 0 saturated carbocycles. The number of hydrogen-bond acceptors (Lipinski definition) is 2. The third-order valence-electron chi connectivity index (χ3n) is 2.84. The highest BCUT2D eigenvalue weighted by Crippen LogP contribution is 2.26. The minimum absolute atomic E-state index is 0.107. The minimum atomic E-state index is -0.234. The topological polar surface area (TPSA) is 15.3 Å². The van der Waals surface area contributed by atoms with Gasteiger partial charge >= 0.3 is 0 Å². The Hall–Kier alpha value is -0.640. The third kappa shape index (κ3) is 4.92. The van der Waals surface area contributed by atoms with Crippen molar-refractivity contribution in [3.63, 3.8) is 0 Å². The first-order valence-electron chi connectivity index (χ1n) is 6.37. The van der Waals surface area contributed by atoms with Crippen LogP contribution < -0.4 is 5.32 Å². The van der Waals surface area contributed by atoms with E-state index in [2.05, 4.69) is 17.1 Å². The van der Waals surface area contributed by atoms with Gasteiger partial charge in [0.15, 0.2) is 0 Å². The van der Waals surface area contributed by atoms with Gasteiger partial charge in [-0.15, -0.1) is 0 Å². The van der Waals surface area contributed by atoms with Crippen molar-refractivity contribution in [1.29, 1.82) is 0 Å². The normalized spacial score (nSPS) is 13.0. The van der Waals surface area contributed by atoms with E-state index < -0.39 is 0 Å². The number of rotatable bonds is 7. The van der Waals surface area contributed by atoms with Crippen molar-refractivity contribution in [1.82, 2.24) is 10.2 Å². The average Bonchev–Trinajstić information content (AvgIpc) is 2.32. The lowest BCUT2D eigenvalue weighted by Gasteiger charge is -2.22. The van der Waals surface area contributed by atoms with E-state index in [0.29, 0.717) is 5.02 Å². The zero-order valence-electron chi connectivity index (χ0n) is 11.3. The molecule has 0 amide bonds. The molecule has 1 atom stereocenters. The van der Waals surface area contributed by atoms with Crippen LogP contribution in [0.2, 0.25) is 5.02 Å². The molecule has 0 aromatic heterocycles. The van der Waals surface area contributed by atoms with Gasteiger partial charge in [0.25, 0.3) is 0 Å². The molecule has 18 heavy (non-hydrogen) atoms. The van der Waals surface area contributed by atoms with Crippen LogP contribution in [0.25, 0.3) is 0 Å². The van der Waals surface area contributed by atoms with Gasteiger partial charge in [-0.1, -0.05) is 18.5 Å². The van der Waals surface area contributed by atoms with Gasteiger partial charge in [0.1, 0.15) is 5.82 Å². The summed E-state index contributed by atoms with van der Waals surface area (Å²) in [4.78, 5) is 2.12. The van der Waals surface area contributed by atoms with E-state index >= 15 is 0 Å². The first kappa shape index (κ1) is 15.4. The Morgan fingerprint density at radius 1 is 1.39 bits per heavy atom. The van der Waals surface area contributed by atoms with E-state index in [-0.39, 0.29) is 11.9 Å². The fraction of sp³-hybridized carbons (Fsp3) is 0.571. The predicted molar refractivity (Wildman–Crippen MR) is 75.6 cm³/mol. The fourth-order valence-electron chi connectivity index (χ4n) is 1.86. The summed E-state index contributed by atoms with van der Waals surface area (Å²) < 4.78 is 13.3. The second kappa shape index (κ2) is 7.72. The molecule has 0 aliphatic carbocycles. The zero-order chi connectivity index (χ0) is 13.5. The molecule has 1 N–H and O–H groups in total. The lowest BCUT2D eigenvalue weighted by Crippen LogP contribution is -2.26. The number of nitrogens with zero attached hydrogens (tertiary/aromatic N) is 1. The fourth-order valence-corrected chi connectivity index (χ4v) is 2.10. The van der Waals surface area contributed by atoms with Gasteiger partial charge in [-0.2, -0.15) is 0 Å². The molecule has 2 nitrogen and oxygen atoms in total. The van der Waals surface area contributed by atoms with Crippen molar-refractivity contribution in [3.05, 3.63) is 34.6 Å². The molecule has 0 bridgehead atoms. The molecule has 102 valence electrons. The summed E-state index contributed by atoms with van der Waals surface area (Å²) in [6, 6.07) is 4.67. The third-order valence-corrected chi connectivity index (χ3v) is 3.18. The lowest BCUT2D eigenvalue weighted by molar-refractivity contribution is 0.360. The van der Waals surface area contributed by atoms with Crippen LogP contribution in [0.5, 0.6) is 0 Å². The molecule has 4 heteroatoms. The molecule has 1 rings (SSSR count). The van der Waals surface area contributed by atoms with Crippen LogP contribution in [-0.2, 0) is 0 Å². The van der Waals surface area contributed by atoms with Crippen LogP contribution in [-0.4, -0.2) is 32.1 Å². The van der Waals surface area contributed by atoms with Gasteiger partial charge < -0.3 is 10.2 Å². The summed E-state index contributed by atoms with van der Waals surface area (Å²) in [5.74, 6) is -0.234.